The summed E-state index contributed by atoms with van der Waals surface area (Å²) in [6.45, 7) is 7.30. The van der Waals surface area contributed by atoms with Gasteiger partial charge in [0.25, 0.3) is 0 Å². The summed E-state index contributed by atoms with van der Waals surface area (Å²) in [6, 6.07) is 2.46. The fourth-order valence-electron chi connectivity index (χ4n) is 4.80. The zero-order valence-electron chi connectivity index (χ0n) is 19.3. The highest BCUT2D eigenvalue weighted by Gasteiger charge is 2.33. The Labute approximate surface area is 192 Å². The van der Waals surface area contributed by atoms with Crippen molar-refractivity contribution in [3.05, 3.63) is 43.2 Å². The highest BCUT2D eigenvalue weighted by molar-refractivity contribution is 5.78. The molecule has 1 unspecified atom stereocenters. The van der Waals surface area contributed by atoms with E-state index in [0.717, 1.165) is 40.4 Å². The molecule has 172 valence electrons. The molecule has 0 aromatic carbocycles. The van der Waals surface area contributed by atoms with E-state index in [9.17, 15) is 0 Å². The van der Waals surface area contributed by atoms with Crippen LogP contribution >= 0.6 is 0 Å². The molecule has 0 N–H and O–H groups in total. The molecule has 4 aromatic heterocycles. The quantitative estimate of drug-likeness (QED) is 0.426. The summed E-state index contributed by atoms with van der Waals surface area (Å²) in [6.07, 6.45) is 15.3. The second kappa shape index (κ2) is 7.78. The van der Waals surface area contributed by atoms with Crippen molar-refractivity contribution >= 4 is 5.52 Å². The SMILES string of the molecule is CC[C@H](C1CC1)n1cc(-c2nc(-c3cnn(CC4COC(C)(C)O4)c3)cn3nccc23)cn1. The molecule has 1 aliphatic carbocycles. The standard InChI is InChI=1S/C24H29N7O2/c1-4-21(16-5-6-16)30-12-18(10-27-30)23-22-7-8-25-31(22)14-20(28-23)17-9-26-29(11-17)13-19-15-32-24(2,3)33-19/h7-12,14,16,19,21H,4-6,13,15H2,1-3H3/t19?,21-/m1/s1. The van der Waals surface area contributed by atoms with E-state index in [0.29, 0.717) is 19.2 Å². The molecule has 33 heavy (non-hydrogen) atoms. The first-order chi connectivity index (χ1) is 16.0. The van der Waals surface area contributed by atoms with Gasteiger partial charge in [-0.05, 0) is 45.1 Å². The van der Waals surface area contributed by atoms with Crippen LogP contribution in [-0.2, 0) is 16.0 Å². The first-order valence-corrected chi connectivity index (χ1v) is 11.7. The summed E-state index contributed by atoms with van der Waals surface area (Å²) in [5.41, 5.74) is 4.60. The van der Waals surface area contributed by atoms with E-state index in [1.54, 1.807) is 6.20 Å². The molecular formula is C24H29N7O2. The summed E-state index contributed by atoms with van der Waals surface area (Å²) in [5, 5.41) is 13.7. The Hall–Kier alpha value is -3.04. The zero-order chi connectivity index (χ0) is 22.6. The van der Waals surface area contributed by atoms with Gasteiger partial charge in [0, 0.05) is 23.5 Å². The lowest BCUT2D eigenvalue weighted by atomic mass is 10.1. The summed E-state index contributed by atoms with van der Waals surface area (Å²) in [7, 11) is 0. The second-order valence-corrected chi connectivity index (χ2v) is 9.56. The minimum absolute atomic E-state index is 0.0197. The van der Waals surface area contributed by atoms with Crippen LogP contribution in [0.5, 0.6) is 0 Å². The van der Waals surface area contributed by atoms with Crippen LogP contribution < -0.4 is 0 Å². The number of hydrogen-bond donors (Lipinski definition) is 0. The van der Waals surface area contributed by atoms with Gasteiger partial charge in [0.05, 0.1) is 60.9 Å². The highest BCUT2D eigenvalue weighted by Crippen LogP contribution is 2.41. The minimum atomic E-state index is -0.539. The van der Waals surface area contributed by atoms with Crippen LogP contribution in [0.15, 0.2) is 43.2 Å². The monoisotopic (exact) mass is 447 g/mol. The van der Waals surface area contributed by atoms with Gasteiger partial charge in [-0.15, -0.1) is 0 Å². The zero-order valence-corrected chi connectivity index (χ0v) is 19.3. The molecule has 0 radical (unpaired) electrons. The molecule has 1 saturated carbocycles. The van der Waals surface area contributed by atoms with Crippen molar-refractivity contribution in [3.8, 4) is 22.5 Å². The maximum Gasteiger partial charge on any atom is 0.163 e. The van der Waals surface area contributed by atoms with Gasteiger partial charge in [0.1, 0.15) is 6.10 Å². The van der Waals surface area contributed by atoms with Gasteiger partial charge in [0.15, 0.2) is 5.79 Å². The Morgan fingerprint density at radius 1 is 1.09 bits per heavy atom. The van der Waals surface area contributed by atoms with Crippen molar-refractivity contribution < 1.29 is 9.47 Å². The minimum Gasteiger partial charge on any atom is -0.348 e. The second-order valence-electron chi connectivity index (χ2n) is 9.56. The number of rotatable bonds is 7. The molecule has 4 aromatic rings. The largest absolute Gasteiger partial charge is 0.348 e. The Bertz CT molecular complexity index is 1280. The van der Waals surface area contributed by atoms with E-state index in [2.05, 4.69) is 28.0 Å². The first-order valence-electron chi connectivity index (χ1n) is 11.7. The van der Waals surface area contributed by atoms with Gasteiger partial charge in [0.2, 0.25) is 0 Å². The van der Waals surface area contributed by atoms with E-state index in [-0.39, 0.29) is 6.10 Å². The molecule has 0 amide bonds. The van der Waals surface area contributed by atoms with Crippen LogP contribution in [0.4, 0.5) is 0 Å². The summed E-state index contributed by atoms with van der Waals surface area (Å²) >= 11 is 0. The fraction of sp³-hybridized carbons (Fsp3) is 0.500. The van der Waals surface area contributed by atoms with E-state index < -0.39 is 5.79 Å². The lowest BCUT2D eigenvalue weighted by Crippen LogP contribution is -2.24. The first kappa shape index (κ1) is 20.6. The van der Waals surface area contributed by atoms with Crippen molar-refractivity contribution in [1.29, 1.82) is 0 Å². The Morgan fingerprint density at radius 3 is 2.70 bits per heavy atom. The normalized spacial score (nSPS) is 21.1. The molecule has 6 rings (SSSR count). The summed E-state index contributed by atoms with van der Waals surface area (Å²) in [4.78, 5) is 5.02. The van der Waals surface area contributed by atoms with Crippen molar-refractivity contribution in [2.75, 3.05) is 6.61 Å². The molecular weight excluding hydrogens is 418 g/mol. The van der Waals surface area contributed by atoms with Crippen LogP contribution in [0.25, 0.3) is 28.0 Å². The van der Waals surface area contributed by atoms with E-state index in [1.807, 2.05) is 53.9 Å². The summed E-state index contributed by atoms with van der Waals surface area (Å²) < 4.78 is 17.5. The third kappa shape index (κ3) is 3.95. The van der Waals surface area contributed by atoms with Gasteiger partial charge < -0.3 is 9.47 Å². The molecule has 2 atom stereocenters. The van der Waals surface area contributed by atoms with Gasteiger partial charge in [-0.1, -0.05) is 6.92 Å². The van der Waals surface area contributed by atoms with Gasteiger partial charge in [-0.3, -0.25) is 9.36 Å². The average Bonchev–Trinajstić information content (AvgIpc) is 3.20. The van der Waals surface area contributed by atoms with E-state index in [4.69, 9.17) is 19.6 Å². The number of ether oxygens (including phenoxy) is 2. The van der Waals surface area contributed by atoms with Gasteiger partial charge in [-0.25, -0.2) is 9.50 Å². The predicted octanol–water partition coefficient (Wildman–Crippen LogP) is 3.97. The fourth-order valence-corrected chi connectivity index (χ4v) is 4.80. The van der Waals surface area contributed by atoms with Crippen LogP contribution in [0, 0.1) is 5.92 Å². The molecule has 0 spiro atoms. The Balaban J connectivity index is 1.31. The van der Waals surface area contributed by atoms with Crippen molar-refractivity contribution in [3.63, 3.8) is 0 Å². The van der Waals surface area contributed by atoms with Crippen molar-refractivity contribution in [2.24, 2.45) is 5.92 Å². The molecule has 1 saturated heterocycles. The maximum atomic E-state index is 5.92. The van der Waals surface area contributed by atoms with Crippen molar-refractivity contribution in [2.45, 2.75) is 64.5 Å². The smallest absolute Gasteiger partial charge is 0.163 e. The van der Waals surface area contributed by atoms with Gasteiger partial charge in [-0.2, -0.15) is 15.3 Å². The number of nitrogens with zero attached hydrogens (tertiary/aromatic N) is 7. The average molecular weight is 448 g/mol. The molecule has 2 fully saturated rings. The molecule has 9 heteroatoms. The van der Waals surface area contributed by atoms with E-state index >= 15 is 0 Å². The van der Waals surface area contributed by atoms with Crippen LogP contribution in [0.1, 0.15) is 46.1 Å². The third-order valence-electron chi connectivity index (χ3n) is 6.58. The molecule has 0 bridgehead atoms. The maximum absolute atomic E-state index is 5.92. The number of hydrogen-bond acceptors (Lipinski definition) is 6. The number of aromatic nitrogens is 7. The van der Waals surface area contributed by atoms with Crippen LogP contribution in [-0.4, -0.2) is 52.7 Å². The lowest BCUT2D eigenvalue weighted by molar-refractivity contribution is -0.139. The molecule has 1 aliphatic heterocycles. The molecule has 2 aliphatic rings. The topological polar surface area (TPSA) is 84.3 Å². The summed E-state index contributed by atoms with van der Waals surface area (Å²) in [5.74, 6) is 0.214. The lowest BCUT2D eigenvalue weighted by Gasteiger charge is -2.16. The Morgan fingerprint density at radius 2 is 1.94 bits per heavy atom. The molecule has 9 nitrogen and oxygen atoms in total. The van der Waals surface area contributed by atoms with Crippen molar-refractivity contribution in [1.82, 2.24) is 34.2 Å². The highest BCUT2D eigenvalue weighted by atomic mass is 16.7. The Kier molecular flexibility index (Phi) is 4.84. The van der Waals surface area contributed by atoms with Crippen LogP contribution in [0.2, 0.25) is 0 Å². The third-order valence-corrected chi connectivity index (χ3v) is 6.58. The van der Waals surface area contributed by atoms with Gasteiger partial charge >= 0.3 is 0 Å². The molecule has 5 heterocycles. The predicted molar refractivity (Wildman–Crippen MR) is 122 cm³/mol. The number of fused-ring (bicyclic) bond motifs is 1. The van der Waals surface area contributed by atoms with E-state index in [1.165, 1.54) is 12.8 Å². The van der Waals surface area contributed by atoms with Crippen LogP contribution in [0.3, 0.4) is 0 Å².